The number of benzene rings is 2. The Hall–Kier alpha value is -3.92. The number of ether oxygens (including phenoxy) is 1. The molecule has 2 aromatic carbocycles. The van der Waals surface area contributed by atoms with Gasteiger partial charge < -0.3 is 20.3 Å². The fraction of sp³-hybridized carbons (Fsp3) is 0.407. The van der Waals surface area contributed by atoms with Gasteiger partial charge in [-0.15, -0.1) is 10.2 Å². The molecule has 1 heterocycles. The molecule has 0 saturated heterocycles. The van der Waals surface area contributed by atoms with Gasteiger partial charge in [0.25, 0.3) is 5.91 Å². The number of carboxylic acid groups (broad SMARTS) is 1. The Balaban J connectivity index is 2.12. The average Bonchev–Trinajstić information content (AvgIpc) is 3.28. The number of nitrogens with zero attached hydrogens (tertiary/aromatic N) is 4. The molecule has 3 N–H and O–H groups in total. The molecule has 10 nitrogen and oxygen atoms in total. The Bertz CT molecular complexity index is 1270. The predicted octanol–water partition coefficient (Wildman–Crippen LogP) is 3.82. The first-order valence-electron chi connectivity index (χ1n) is 12.1. The lowest BCUT2D eigenvalue weighted by Crippen LogP contribution is -2.35. The van der Waals surface area contributed by atoms with Crippen LogP contribution in [0.2, 0.25) is 0 Å². The molecule has 0 spiro atoms. The lowest BCUT2D eigenvalue weighted by molar-refractivity contribution is -0.142. The van der Waals surface area contributed by atoms with E-state index in [1.807, 2.05) is 52.0 Å². The van der Waals surface area contributed by atoms with Gasteiger partial charge in [0.15, 0.2) is 5.82 Å². The number of aromatic hydroxyl groups is 1. The molecule has 0 bridgehead atoms. The molecular formula is C27H35N5O5. The summed E-state index contributed by atoms with van der Waals surface area (Å²) in [6.07, 6.45) is 0. The Labute approximate surface area is 216 Å². The number of nitrogens with one attached hydrogen (secondary N) is 1. The monoisotopic (exact) mass is 509 g/mol. The van der Waals surface area contributed by atoms with Crippen molar-refractivity contribution in [3.05, 3.63) is 53.3 Å². The van der Waals surface area contributed by atoms with E-state index in [1.54, 1.807) is 42.7 Å². The van der Waals surface area contributed by atoms with Crippen LogP contribution >= 0.6 is 0 Å². The van der Waals surface area contributed by atoms with Gasteiger partial charge in [-0.1, -0.05) is 26.0 Å². The summed E-state index contributed by atoms with van der Waals surface area (Å²) in [5.41, 5.74) is 2.81. The van der Waals surface area contributed by atoms with Gasteiger partial charge in [0.2, 0.25) is 5.82 Å². The number of aliphatic carboxylic acids is 1. The number of carbonyl (C=O) groups excluding carboxylic acids is 1. The molecule has 0 saturated carbocycles. The quantitative estimate of drug-likeness (QED) is 0.376. The van der Waals surface area contributed by atoms with Crippen LogP contribution in [0.25, 0.3) is 17.1 Å². The molecule has 0 aliphatic rings. The van der Waals surface area contributed by atoms with Crippen molar-refractivity contribution in [2.45, 2.75) is 59.2 Å². The number of hydrogen-bond acceptors (Lipinski definition) is 7. The maximum Gasteiger partial charge on any atom is 0.320 e. The molecule has 3 rings (SSSR count). The molecular weight excluding hydrogens is 474 g/mol. The molecule has 198 valence electrons. The van der Waals surface area contributed by atoms with Crippen LogP contribution in [0.1, 0.15) is 62.3 Å². The fourth-order valence-corrected chi connectivity index (χ4v) is 3.93. The summed E-state index contributed by atoms with van der Waals surface area (Å²) in [7, 11) is 3.30. The number of aromatic nitrogens is 3. The summed E-state index contributed by atoms with van der Waals surface area (Å²) >= 11 is 0. The van der Waals surface area contributed by atoms with Crippen molar-refractivity contribution >= 4 is 11.9 Å². The molecule has 0 fully saturated rings. The van der Waals surface area contributed by atoms with Crippen LogP contribution in [0.4, 0.5) is 0 Å². The first-order chi connectivity index (χ1) is 17.4. The van der Waals surface area contributed by atoms with Gasteiger partial charge in [-0.05, 0) is 63.1 Å². The second kappa shape index (κ2) is 11.4. The number of carboxylic acids is 1. The van der Waals surface area contributed by atoms with Crippen LogP contribution in [0, 0.1) is 0 Å². The smallest absolute Gasteiger partial charge is 0.320 e. The van der Waals surface area contributed by atoms with Crippen molar-refractivity contribution in [1.82, 2.24) is 25.0 Å². The number of phenolic OH excluding ortho intramolecular Hbond substituents is 1. The third-order valence-electron chi connectivity index (χ3n) is 6.14. The van der Waals surface area contributed by atoms with Crippen molar-refractivity contribution < 1.29 is 24.5 Å². The number of amides is 1. The van der Waals surface area contributed by atoms with Crippen LogP contribution in [0.3, 0.4) is 0 Å². The first kappa shape index (κ1) is 27.7. The lowest BCUT2D eigenvalue weighted by atomic mass is 9.98. The van der Waals surface area contributed by atoms with Crippen molar-refractivity contribution in [3.8, 4) is 28.6 Å². The highest BCUT2D eigenvalue weighted by Crippen LogP contribution is 2.38. The Morgan fingerprint density at radius 2 is 1.73 bits per heavy atom. The highest BCUT2D eigenvalue weighted by atomic mass is 16.5. The van der Waals surface area contributed by atoms with Crippen molar-refractivity contribution in [2.24, 2.45) is 0 Å². The number of methoxy groups -OCH3 is 1. The van der Waals surface area contributed by atoms with Gasteiger partial charge in [-0.25, -0.2) is 0 Å². The topological polar surface area (TPSA) is 130 Å². The highest BCUT2D eigenvalue weighted by molar-refractivity contribution is 5.92. The zero-order chi connectivity index (χ0) is 27.4. The van der Waals surface area contributed by atoms with E-state index in [0.29, 0.717) is 29.4 Å². The minimum absolute atomic E-state index is 0.0494. The van der Waals surface area contributed by atoms with E-state index in [1.165, 1.54) is 0 Å². The van der Waals surface area contributed by atoms with E-state index in [4.69, 9.17) is 4.74 Å². The predicted molar refractivity (Wildman–Crippen MR) is 140 cm³/mol. The van der Waals surface area contributed by atoms with E-state index in [0.717, 1.165) is 11.1 Å². The van der Waals surface area contributed by atoms with Crippen molar-refractivity contribution in [3.63, 3.8) is 0 Å². The van der Waals surface area contributed by atoms with Crippen LogP contribution in [0.5, 0.6) is 11.5 Å². The van der Waals surface area contributed by atoms with Crippen LogP contribution in [-0.4, -0.2) is 68.0 Å². The van der Waals surface area contributed by atoms with Crippen LogP contribution in [0.15, 0.2) is 36.4 Å². The summed E-state index contributed by atoms with van der Waals surface area (Å²) in [5.74, 6) is -0.289. The van der Waals surface area contributed by atoms with Crippen LogP contribution in [-0.2, 0) is 11.3 Å². The van der Waals surface area contributed by atoms with Crippen molar-refractivity contribution in [2.75, 3.05) is 14.2 Å². The van der Waals surface area contributed by atoms with Gasteiger partial charge >= 0.3 is 5.97 Å². The van der Waals surface area contributed by atoms with E-state index >= 15 is 0 Å². The van der Waals surface area contributed by atoms with Gasteiger partial charge in [-0.2, -0.15) is 0 Å². The standard InChI is InChI=1S/C27H35N5O5/c1-15(2)20-12-21(22(33)13-23(20)37-7)24-29-30-25(26(34)28-16(3)4)32(24)19-10-8-18(9-11-19)14-31(6)17(5)27(35)36/h8-13,15-17,33H,14H2,1-7H3,(H,28,34)(H,35,36). The fourth-order valence-electron chi connectivity index (χ4n) is 3.93. The largest absolute Gasteiger partial charge is 0.507 e. The molecule has 37 heavy (non-hydrogen) atoms. The maximum absolute atomic E-state index is 13.0. The summed E-state index contributed by atoms with van der Waals surface area (Å²) in [5, 5.41) is 31.5. The molecule has 10 heteroatoms. The highest BCUT2D eigenvalue weighted by Gasteiger charge is 2.25. The van der Waals surface area contributed by atoms with Crippen LogP contribution < -0.4 is 10.1 Å². The molecule has 1 aromatic heterocycles. The van der Waals surface area contributed by atoms with Crippen molar-refractivity contribution in [1.29, 1.82) is 0 Å². The number of hydrogen-bond donors (Lipinski definition) is 3. The SMILES string of the molecule is COc1cc(O)c(-c2nnc(C(=O)NC(C)C)n2-c2ccc(CN(C)C(C)C(=O)O)cc2)cc1C(C)C. The third kappa shape index (κ3) is 6.08. The maximum atomic E-state index is 13.0. The normalized spacial score (nSPS) is 12.3. The van der Waals surface area contributed by atoms with E-state index in [-0.39, 0.29) is 23.5 Å². The molecule has 1 amide bonds. The van der Waals surface area contributed by atoms with E-state index in [2.05, 4.69) is 15.5 Å². The molecule has 3 aromatic rings. The summed E-state index contributed by atoms with van der Waals surface area (Å²) in [4.78, 5) is 26.1. The number of likely N-dealkylation sites (N-methyl/N-ethyl adjacent to an activating group) is 1. The molecule has 0 radical (unpaired) electrons. The Kier molecular flexibility index (Phi) is 8.54. The van der Waals surface area contributed by atoms with E-state index < -0.39 is 17.9 Å². The molecule has 1 atom stereocenters. The summed E-state index contributed by atoms with van der Waals surface area (Å²) in [6.45, 7) is 9.81. The zero-order valence-corrected chi connectivity index (χ0v) is 22.3. The first-order valence-corrected chi connectivity index (χ1v) is 12.1. The third-order valence-corrected chi connectivity index (χ3v) is 6.14. The minimum Gasteiger partial charge on any atom is -0.507 e. The van der Waals surface area contributed by atoms with Gasteiger partial charge in [0, 0.05) is 24.3 Å². The second-order valence-corrected chi connectivity index (χ2v) is 9.67. The Morgan fingerprint density at radius 3 is 2.27 bits per heavy atom. The number of phenols is 1. The zero-order valence-electron chi connectivity index (χ0n) is 22.3. The summed E-state index contributed by atoms with van der Waals surface area (Å²) in [6, 6.07) is 9.96. The average molecular weight is 510 g/mol. The molecule has 0 aliphatic heterocycles. The van der Waals surface area contributed by atoms with Gasteiger partial charge in [0.1, 0.15) is 17.5 Å². The molecule has 1 unspecified atom stereocenters. The number of carbonyl (C=O) groups is 2. The minimum atomic E-state index is -0.894. The van der Waals surface area contributed by atoms with E-state index in [9.17, 15) is 19.8 Å². The van der Waals surface area contributed by atoms with Gasteiger partial charge in [0.05, 0.1) is 12.7 Å². The Morgan fingerprint density at radius 1 is 1.08 bits per heavy atom. The van der Waals surface area contributed by atoms with Gasteiger partial charge in [-0.3, -0.25) is 19.1 Å². The molecule has 0 aliphatic carbocycles. The second-order valence-electron chi connectivity index (χ2n) is 9.67. The lowest BCUT2D eigenvalue weighted by Gasteiger charge is -2.21. The number of rotatable bonds is 10. The summed E-state index contributed by atoms with van der Waals surface area (Å²) < 4.78 is 7.06.